The summed E-state index contributed by atoms with van der Waals surface area (Å²) in [6, 6.07) is 33.4. The number of rotatable bonds is 2. The van der Waals surface area contributed by atoms with E-state index in [0.717, 1.165) is 0 Å². The maximum atomic E-state index is 2.34. The van der Waals surface area contributed by atoms with E-state index in [4.69, 9.17) is 0 Å². The van der Waals surface area contributed by atoms with Crippen LogP contribution in [0.3, 0.4) is 0 Å². The van der Waals surface area contributed by atoms with E-state index in [9.17, 15) is 0 Å². The highest BCUT2D eigenvalue weighted by atomic mass is 14.4. The molecule has 0 aliphatic heterocycles. The molecule has 0 saturated heterocycles. The summed E-state index contributed by atoms with van der Waals surface area (Å²) in [6.07, 6.45) is 0. The van der Waals surface area contributed by atoms with Crippen molar-refractivity contribution in [2.45, 2.75) is 26.2 Å². The van der Waals surface area contributed by atoms with E-state index in [1.165, 1.54) is 50.1 Å². The smallest absolute Gasteiger partial charge is 0.0159 e. The molecule has 4 aromatic carbocycles. The minimum absolute atomic E-state index is 0.0454. The topological polar surface area (TPSA) is 0 Å². The molecule has 0 fully saturated rings. The van der Waals surface area contributed by atoms with Gasteiger partial charge in [0, 0.05) is 5.41 Å². The Balaban J connectivity index is 1.63. The lowest BCUT2D eigenvalue weighted by Gasteiger charge is -2.21. The van der Waals surface area contributed by atoms with Crippen molar-refractivity contribution in [3.05, 3.63) is 108 Å². The van der Waals surface area contributed by atoms with Crippen LogP contribution < -0.4 is 0 Å². The van der Waals surface area contributed by atoms with Crippen LogP contribution in [0.4, 0.5) is 0 Å². The standard InChI is InChI=1S/C28H24/c1-19-11-13-20(14-12-19)21-15-17-22(18-16-21)23-8-6-10-26-27(23)24-7-4-5-9-25(24)28(26,2)3/h4-18H,1-3H3. The number of aryl methyl sites for hydroxylation is 1. The highest BCUT2D eigenvalue weighted by Gasteiger charge is 2.36. The molecule has 0 radical (unpaired) electrons. The van der Waals surface area contributed by atoms with Crippen molar-refractivity contribution in [3.8, 4) is 33.4 Å². The first kappa shape index (κ1) is 17.0. The van der Waals surface area contributed by atoms with E-state index in [2.05, 4.69) is 112 Å². The average molecular weight is 361 g/mol. The minimum atomic E-state index is 0.0454. The van der Waals surface area contributed by atoms with E-state index < -0.39 is 0 Å². The van der Waals surface area contributed by atoms with Gasteiger partial charge in [0.05, 0.1) is 0 Å². The van der Waals surface area contributed by atoms with Gasteiger partial charge in [-0.1, -0.05) is 110 Å². The van der Waals surface area contributed by atoms with Gasteiger partial charge in [0.1, 0.15) is 0 Å². The van der Waals surface area contributed by atoms with Crippen LogP contribution in [0.1, 0.15) is 30.5 Å². The molecule has 0 spiro atoms. The molecule has 0 nitrogen and oxygen atoms in total. The van der Waals surface area contributed by atoms with Crippen molar-refractivity contribution in [2.75, 3.05) is 0 Å². The molecular formula is C28H24. The Kier molecular flexibility index (Phi) is 3.77. The van der Waals surface area contributed by atoms with Gasteiger partial charge in [-0.3, -0.25) is 0 Å². The van der Waals surface area contributed by atoms with Crippen LogP contribution in [0, 0.1) is 6.92 Å². The lowest BCUT2D eigenvalue weighted by atomic mass is 9.82. The molecule has 0 aromatic heterocycles. The third-order valence-electron chi connectivity index (χ3n) is 6.19. The van der Waals surface area contributed by atoms with Gasteiger partial charge in [0.2, 0.25) is 0 Å². The lowest BCUT2D eigenvalue weighted by Crippen LogP contribution is -2.14. The van der Waals surface area contributed by atoms with Gasteiger partial charge >= 0.3 is 0 Å². The third-order valence-corrected chi connectivity index (χ3v) is 6.19. The molecule has 136 valence electrons. The first-order valence-electron chi connectivity index (χ1n) is 9.96. The Hall–Kier alpha value is -3.12. The van der Waals surface area contributed by atoms with E-state index in [1.54, 1.807) is 0 Å². The van der Waals surface area contributed by atoms with Crippen LogP contribution in [0.2, 0.25) is 0 Å². The molecule has 0 atom stereocenters. The molecule has 4 aromatic rings. The second-order valence-corrected chi connectivity index (χ2v) is 8.34. The molecular weight excluding hydrogens is 336 g/mol. The predicted molar refractivity (Wildman–Crippen MR) is 120 cm³/mol. The summed E-state index contributed by atoms with van der Waals surface area (Å²) in [4.78, 5) is 0. The fraction of sp³-hybridized carbons (Fsp3) is 0.143. The molecule has 0 heteroatoms. The van der Waals surface area contributed by atoms with Crippen molar-refractivity contribution in [2.24, 2.45) is 0 Å². The minimum Gasteiger partial charge on any atom is -0.0619 e. The Labute approximate surface area is 167 Å². The van der Waals surface area contributed by atoms with Gasteiger partial charge in [-0.15, -0.1) is 0 Å². The van der Waals surface area contributed by atoms with Crippen LogP contribution in [0.15, 0.2) is 91.0 Å². The summed E-state index contributed by atoms with van der Waals surface area (Å²) >= 11 is 0. The first-order chi connectivity index (χ1) is 13.6. The molecule has 0 saturated carbocycles. The summed E-state index contributed by atoms with van der Waals surface area (Å²) in [5.74, 6) is 0. The Morgan fingerprint density at radius 3 is 1.75 bits per heavy atom. The van der Waals surface area contributed by atoms with Crippen molar-refractivity contribution < 1.29 is 0 Å². The Bertz CT molecular complexity index is 1160. The molecule has 1 aliphatic rings. The Morgan fingerprint density at radius 1 is 0.500 bits per heavy atom. The van der Waals surface area contributed by atoms with Crippen molar-refractivity contribution >= 4 is 0 Å². The van der Waals surface area contributed by atoms with Gasteiger partial charge in [0.15, 0.2) is 0 Å². The second kappa shape index (κ2) is 6.21. The number of fused-ring (bicyclic) bond motifs is 3. The van der Waals surface area contributed by atoms with Gasteiger partial charge in [-0.25, -0.2) is 0 Å². The van der Waals surface area contributed by atoms with E-state index in [-0.39, 0.29) is 5.41 Å². The van der Waals surface area contributed by atoms with Gasteiger partial charge in [-0.2, -0.15) is 0 Å². The molecule has 0 bridgehead atoms. The summed E-state index contributed by atoms with van der Waals surface area (Å²) in [6.45, 7) is 6.80. The highest BCUT2D eigenvalue weighted by molar-refractivity contribution is 5.92. The number of benzene rings is 4. The van der Waals surface area contributed by atoms with Crippen LogP contribution >= 0.6 is 0 Å². The molecule has 0 heterocycles. The van der Waals surface area contributed by atoms with Crippen LogP contribution in [0.25, 0.3) is 33.4 Å². The Morgan fingerprint density at radius 2 is 1.04 bits per heavy atom. The fourth-order valence-electron chi connectivity index (χ4n) is 4.58. The zero-order valence-corrected chi connectivity index (χ0v) is 16.7. The van der Waals surface area contributed by atoms with E-state index in [0.29, 0.717) is 0 Å². The zero-order valence-electron chi connectivity index (χ0n) is 16.7. The third kappa shape index (κ3) is 2.52. The summed E-state index contributed by atoms with van der Waals surface area (Å²) in [5, 5.41) is 0. The molecule has 0 N–H and O–H groups in total. The number of hydrogen-bond donors (Lipinski definition) is 0. The molecule has 28 heavy (non-hydrogen) atoms. The average Bonchev–Trinajstić information content (AvgIpc) is 2.97. The maximum absolute atomic E-state index is 2.34. The predicted octanol–water partition coefficient (Wildman–Crippen LogP) is 7.64. The largest absolute Gasteiger partial charge is 0.0619 e. The summed E-state index contributed by atoms with van der Waals surface area (Å²) < 4.78 is 0. The summed E-state index contributed by atoms with van der Waals surface area (Å²) in [5.41, 5.74) is 12.1. The van der Waals surface area contributed by atoms with Crippen LogP contribution in [-0.2, 0) is 5.41 Å². The normalized spacial score (nSPS) is 13.8. The van der Waals surface area contributed by atoms with Gasteiger partial charge in [-0.05, 0) is 51.4 Å². The molecule has 0 unspecified atom stereocenters. The van der Waals surface area contributed by atoms with Gasteiger partial charge < -0.3 is 0 Å². The van der Waals surface area contributed by atoms with Gasteiger partial charge in [0.25, 0.3) is 0 Å². The van der Waals surface area contributed by atoms with Crippen molar-refractivity contribution in [1.82, 2.24) is 0 Å². The second-order valence-electron chi connectivity index (χ2n) is 8.34. The number of hydrogen-bond acceptors (Lipinski definition) is 0. The lowest BCUT2D eigenvalue weighted by molar-refractivity contribution is 0.660. The van der Waals surface area contributed by atoms with E-state index >= 15 is 0 Å². The molecule has 1 aliphatic carbocycles. The molecule has 5 rings (SSSR count). The summed E-state index contributed by atoms with van der Waals surface area (Å²) in [7, 11) is 0. The monoisotopic (exact) mass is 360 g/mol. The molecule has 0 amide bonds. The zero-order chi connectivity index (χ0) is 19.3. The van der Waals surface area contributed by atoms with Crippen molar-refractivity contribution in [1.29, 1.82) is 0 Å². The quantitative estimate of drug-likeness (QED) is 0.344. The van der Waals surface area contributed by atoms with Crippen LogP contribution in [-0.4, -0.2) is 0 Å². The van der Waals surface area contributed by atoms with E-state index in [1.807, 2.05) is 0 Å². The SMILES string of the molecule is Cc1ccc(-c2ccc(-c3cccc4c3-c3ccccc3C4(C)C)cc2)cc1. The first-order valence-corrected chi connectivity index (χ1v) is 9.96. The van der Waals surface area contributed by atoms with Crippen molar-refractivity contribution in [3.63, 3.8) is 0 Å². The fourth-order valence-corrected chi connectivity index (χ4v) is 4.58. The maximum Gasteiger partial charge on any atom is 0.0159 e. The van der Waals surface area contributed by atoms with Crippen LogP contribution in [0.5, 0.6) is 0 Å². The highest BCUT2D eigenvalue weighted by Crippen LogP contribution is 2.51.